The lowest BCUT2D eigenvalue weighted by molar-refractivity contribution is 0.0965. The summed E-state index contributed by atoms with van der Waals surface area (Å²) in [7, 11) is 0. The number of carbonyl (C=O) groups is 1. The molecule has 0 N–H and O–H groups in total. The summed E-state index contributed by atoms with van der Waals surface area (Å²) in [6.07, 6.45) is 6.31. The van der Waals surface area contributed by atoms with Crippen LogP contribution in [0.2, 0.25) is 5.02 Å². The highest BCUT2D eigenvalue weighted by Gasteiger charge is 2.27. The van der Waals surface area contributed by atoms with Gasteiger partial charge in [0, 0.05) is 42.5 Å². The van der Waals surface area contributed by atoms with Crippen LogP contribution in [-0.2, 0) is 6.54 Å². The van der Waals surface area contributed by atoms with E-state index in [0.29, 0.717) is 29.7 Å². The van der Waals surface area contributed by atoms with Crippen molar-refractivity contribution in [1.82, 2.24) is 14.5 Å². The van der Waals surface area contributed by atoms with Gasteiger partial charge in [-0.2, -0.15) is 0 Å². The van der Waals surface area contributed by atoms with Crippen molar-refractivity contribution in [2.24, 2.45) is 0 Å². The molecule has 2 aliphatic heterocycles. The van der Waals surface area contributed by atoms with Gasteiger partial charge in [0.05, 0.1) is 11.9 Å². The van der Waals surface area contributed by atoms with Crippen LogP contribution in [0, 0.1) is 0 Å². The number of pyridine rings is 1. The molecule has 0 spiro atoms. The Labute approximate surface area is 187 Å². The van der Waals surface area contributed by atoms with Gasteiger partial charge in [-0.05, 0) is 55.8 Å². The van der Waals surface area contributed by atoms with Gasteiger partial charge in [-0.25, -0.2) is 4.98 Å². The molecule has 4 heterocycles. The van der Waals surface area contributed by atoms with Crippen molar-refractivity contribution >= 4 is 23.2 Å². The number of rotatable bonds is 6. The van der Waals surface area contributed by atoms with Crippen molar-refractivity contribution in [1.29, 1.82) is 0 Å². The molecule has 2 aromatic heterocycles. The van der Waals surface area contributed by atoms with E-state index in [1.807, 2.05) is 53.2 Å². The normalized spacial score (nSPS) is 16.5. The summed E-state index contributed by atoms with van der Waals surface area (Å²) in [6.45, 7) is 5.24. The predicted molar refractivity (Wildman–Crippen MR) is 122 cm³/mol. The maximum absolute atomic E-state index is 13.1. The number of aromatic nitrogens is 2. The van der Waals surface area contributed by atoms with Gasteiger partial charge >= 0.3 is 0 Å². The minimum absolute atomic E-state index is 0.0176. The minimum atomic E-state index is -0.0176. The average molecular weight is 437 g/mol. The summed E-state index contributed by atoms with van der Waals surface area (Å²) in [5.74, 6) is 0.580. The van der Waals surface area contributed by atoms with Crippen molar-refractivity contribution in [2.45, 2.75) is 19.4 Å². The smallest absolute Gasteiger partial charge is 0.275 e. The molecule has 160 valence electrons. The molecule has 1 saturated heterocycles. The van der Waals surface area contributed by atoms with Crippen LogP contribution in [0.4, 0.5) is 5.69 Å². The first-order chi connectivity index (χ1) is 15.2. The average Bonchev–Trinajstić information content (AvgIpc) is 3.46. The van der Waals surface area contributed by atoms with E-state index < -0.39 is 0 Å². The van der Waals surface area contributed by atoms with Crippen molar-refractivity contribution in [2.75, 3.05) is 37.7 Å². The molecule has 3 aromatic rings. The first-order valence-corrected chi connectivity index (χ1v) is 11.1. The second-order valence-electron chi connectivity index (χ2n) is 8.02. The highest BCUT2D eigenvalue weighted by Crippen LogP contribution is 2.28. The number of amides is 1. The maximum atomic E-state index is 13.1. The molecule has 31 heavy (non-hydrogen) atoms. The third-order valence-electron chi connectivity index (χ3n) is 5.99. The molecule has 7 heteroatoms. The van der Waals surface area contributed by atoms with Gasteiger partial charge in [0.1, 0.15) is 12.3 Å². The van der Waals surface area contributed by atoms with Gasteiger partial charge in [0.15, 0.2) is 0 Å². The Hall–Kier alpha value is -2.83. The lowest BCUT2D eigenvalue weighted by Gasteiger charge is -2.28. The van der Waals surface area contributed by atoms with Crippen LogP contribution in [-0.4, -0.2) is 53.1 Å². The van der Waals surface area contributed by atoms with Gasteiger partial charge in [-0.3, -0.25) is 9.69 Å². The summed E-state index contributed by atoms with van der Waals surface area (Å²) in [6, 6.07) is 13.4. The standard InChI is InChI=1S/C24H25ClN4O2/c25-20-5-3-18(4-6-20)19-15-22-24(30)29(12-11-28(22)17-19)21-7-8-23(26-16-21)31-14-13-27-9-1-2-10-27/h3-8,15-17H,1-2,9-14H2. The SMILES string of the molecule is O=C1c2cc(-c3ccc(Cl)cc3)cn2CCN1c1ccc(OCCN2CCCC2)nc1. The molecule has 5 rings (SSSR count). The zero-order chi connectivity index (χ0) is 21.2. The van der Waals surface area contributed by atoms with Crippen LogP contribution in [0.3, 0.4) is 0 Å². The summed E-state index contributed by atoms with van der Waals surface area (Å²) < 4.78 is 7.80. The van der Waals surface area contributed by atoms with E-state index >= 15 is 0 Å². The summed E-state index contributed by atoms with van der Waals surface area (Å²) in [5, 5.41) is 0.700. The van der Waals surface area contributed by atoms with Gasteiger partial charge < -0.3 is 14.2 Å². The van der Waals surface area contributed by atoms with Crippen LogP contribution < -0.4 is 9.64 Å². The molecule has 0 atom stereocenters. The number of fused-ring (bicyclic) bond motifs is 1. The van der Waals surface area contributed by atoms with Gasteiger partial charge in [0.2, 0.25) is 5.88 Å². The van der Waals surface area contributed by atoms with E-state index in [1.165, 1.54) is 12.8 Å². The lowest BCUT2D eigenvalue weighted by Crippen LogP contribution is -2.39. The molecule has 6 nitrogen and oxygen atoms in total. The number of carbonyl (C=O) groups excluding carboxylic acids is 1. The van der Waals surface area contributed by atoms with Gasteiger partial charge in [-0.15, -0.1) is 0 Å². The molecule has 0 bridgehead atoms. The second kappa shape index (κ2) is 8.73. The van der Waals surface area contributed by atoms with Gasteiger partial charge in [0.25, 0.3) is 5.91 Å². The van der Waals surface area contributed by atoms with E-state index in [9.17, 15) is 4.79 Å². The molecule has 1 aromatic carbocycles. The third kappa shape index (κ3) is 4.31. The Morgan fingerprint density at radius 3 is 2.52 bits per heavy atom. The fourth-order valence-electron chi connectivity index (χ4n) is 4.27. The highest BCUT2D eigenvalue weighted by atomic mass is 35.5. The monoisotopic (exact) mass is 436 g/mol. The number of hydrogen-bond donors (Lipinski definition) is 0. The van der Waals surface area contributed by atoms with E-state index in [0.717, 1.165) is 43.0 Å². The van der Waals surface area contributed by atoms with E-state index in [4.69, 9.17) is 16.3 Å². The summed E-state index contributed by atoms with van der Waals surface area (Å²) in [5.41, 5.74) is 3.53. The first kappa shape index (κ1) is 20.1. The van der Waals surface area contributed by atoms with Crippen molar-refractivity contribution in [3.63, 3.8) is 0 Å². The zero-order valence-corrected chi connectivity index (χ0v) is 18.1. The number of hydrogen-bond acceptors (Lipinski definition) is 4. The van der Waals surface area contributed by atoms with Gasteiger partial charge in [-0.1, -0.05) is 23.7 Å². The topological polar surface area (TPSA) is 50.6 Å². The molecule has 1 fully saturated rings. The molecule has 0 unspecified atom stereocenters. The number of nitrogens with zero attached hydrogens (tertiary/aromatic N) is 4. The van der Waals surface area contributed by atoms with Crippen LogP contribution in [0.5, 0.6) is 5.88 Å². The quantitative estimate of drug-likeness (QED) is 0.576. The van der Waals surface area contributed by atoms with Crippen molar-refractivity contribution in [3.8, 4) is 17.0 Å². The molecular weight excluding hydrogens is 412 g/mol. The number of halogens is 1. The third-order valence-corrected chi connectivity index (χ3v) is 6.24. The highest BCUT2D eigenvalue weighted by molar-refractivity contribution is 6.30. The van der Waals surface area contributed by atoms with E-state index in [1.54, 1.807) is 11.1 Å². The largest absolute Gasteiger partial charge is 0.476 e. The second-order valence-corrected chi connectivity index (χ2v) is 8.46. The Kier molecular flexibility index (Phi) is 5.66. The zero-order valence-electron chi connectivity index (χ0n) is 17.3. The molecule has 0 radical (unpaired) electrons. The Morgan fingerprint density at radius 1 is 0.968 bits per heavy atom. The van der Waals surface area contributed by atoms with Crippen molar-refractivity contribution in [3.05, 3.63) is 65.6 Å². The fourth-order valence-corrected chi connectivity index (χ4v) is 4.40. The van der Waals surface area contributed by atoms with Crippen LogP contribution in [0.1, 0.15) is 23.3 Å². The minimum Gasteiger partial charge on any atom is -0.476 e. The molecule has 0 saturated carbocycles. The number of likely N-dealkylation sites (tertiary alicyclic amines) is 1. The Bertz CT molecular complexity index is 1060. The molecule has 0 aliphatic carbocycles. The van der Waals surface area contributed by atoms with Crippen molar-refractivity contribution < 1.29 is 9.53 Å². The molecule has 1 amide bonds. The fraction of sp³-hybridized carbons (Fsp3) is 0.333. The summed E-state index contributed by atoms with van der Waals surface area (Å²) >= 11 is 6.00. The lowest BCUT2D eigenvalue weighted by atomic mass is 10.1. The number of benzene rings is 1. The molecular formula is C24H25ClN4O2. The first-order valence-electron chi connectivity index (χ1n) is 10.8. The predicted octanol–water partition coefficient (Wildman–Crippen LogP) is 4.34. The maximum Gasteiger partial charge on any atom is 0.275 e. The van der Waals surface area contributed by atoms with Crippen LogP contribution in [0.15, 0.2) is 54.9 Å². The number of ether oxygens (including phenoxy) is 1. The van der Waals surface area contributed by atoms with Crippen LogP contribution >= 0.6 is 11.6 Å². The molecule has 2 aliphatic rings. The Balaban J connectivity index is 1.25. The van der Waals surface area contributed by atoms with E-state index in [-0.39, 0.29) is 5.91 Å². The number of anilines is 1. The summed E-state index contributed by atoms with van der Waals surface area (Å²) in [4.78, 5) is 21.7. The van der Waals surface area contributed by atoms with Crippen LogP contribution in [0.25, 0.3) is 11.1 Å². The Morgan fingerprint density at radius 2 is 1.77 bits per heavy atom. The van der Waals surface area contributed by atoms with E-state index in [2.05, 4.69) is 9.88 Å².